The normalized spacial score (nSPS) is 11.1. The van der Waals surface area contributed by atoms with Crippen LogP contribution in [0.2, 0.25) is 5.15 Å². The molecule has 0 saturated heterocycles. The Morgan fingerprint density at radius 1 is 1.76 bits per heavy atom. The molecule has 0 aromatic carbocycles. The first-order valence-corrected chi connectivity index (χ1v) is 5.26. The standard InChI is InChI=1S/C10H13ClN4O2/c1-12-9(7-15(16)17)14(2)6-8-4-3-5-13-10(8)11/h3-5,7,12H,6H2,1-2H3/b9-7+. The van der Waals surface area contributed by atoms with Crippen molar-refractivity contribution in [1.29, 1.82) is 0 Å². The summed E-state index contributed by atoms with van der Waals surface area (Å²) in [4.78, 5) is 15.5. The molecule has 0 aliphatic carbocycles. The van der Waals surface area contributed by atoms with Crippen molar-refractivity contribution >= 4 is 11.6 Å². The molecule has 0 aliphatic rings. The Morgan fingerprint density at radius 2 is 2.47 bits per heavy atom. The number of rotatable bonds is 5. The number of nitro groups is 1. The second kappa shape index (κ2) is 6.05. The van der Waals surface area contributed by atoms with Crippen LogP contribution in [0.4, 0.5) is 0 Å². The number of pyridine rings is 1. The molecule has 0 atom stereocenters. The quantitative estimate of drug-likeness (QED) is 0.491. The van der Waals surface area contributed by atoms with Crippen LogP contribution in [0.5, 0.6) is 0 Å². The van der Waals surface area contributed by atoms with Crippen molar-refractivity contribution in [3.8, 4) is 0 Å². The minimum absolute atomic E-state index is 0.398. The molecule has 0 fully saturated rings. The Bertz CT molecular complexity index is 436. The van der Waals surface area contributed by atoms with Gasteiger partial charge in [0.15, 0.2) is 5.82 Å². The number of hydrogen-bond donors (Lipinski definition) is 1. The molecule has 1 aromatic rings. The van der Waals surface area contributed by atoms with E-state index in [1.165, 1.54) is 0 Å². The number of hydrogen-bond acceptors (Lipinski definition) is 5. The minimum Gasteiger partial charge on any atom is -0.370 e. The zero-order chi connectivity index (χ0) is 12.8. The molecule has 1 aromatic heterocycles. The third kappa shape index (κ3) is 3.92. The molecule has 0 saturated carbocycles. The highest BCUT2D eigenvalue weighted by Gasteiger charge is 2.10. The molecule has 0 bridgehead atoms. The summed E-state index contributed by atoms with van der Waals surface area (Å²) in [5, 5.41) is 13.6. The molecule has 0 unspecified atom stereocenters. The first-order chi connectivity index (χ1) is 8.04. The number of nitrogens with zero attached hydrogens (tertiary/aromatic N) is 3. The van der Waals surface area contributed by atoms with Gasteiger partial charge in [0.05, 0.1) is 4.92 Å². The first-order valence-electron chi connectivity index (χ1n) is 4.88. The maximum atomic E-state index is 10.4. The molecule has 7 heteroatoms. The van der Waals surface area contributed by atoms with Crippen molar-refractivity contribution in [1.82, 2.24) is 15.2 Å². The van der Waals surface area contributed by atoms with Gasteiger partial charge >= 0.3 is 0 Å². The average Bonchev–Trinajstić information content (AvgIpc) is 2.28. The van der Waals surface area contributed by atoms with Crippen LogP contribution >= 0.6 is 11.6 Å². The Balaban J connectivity index is 2.81. The van der Waals surface area contributed by atoms with E-state index in [4.69, 9.17) is 11.6 Å². The Hall–Kier alpha value is -1.82. The van der Waals surface area contributed by atoms with Gasteiger partial charge in [0.25, 0.3) is 6.20 Å². The fourth-order valence-electron chi connectivity index (χ4n) is 1.33. The summed E-state index contributed by atoms with van der Waals surface area (Å²) in [5.74, 6) is 0.398. The smallest absolute Gasteiger partial charge is 0.274 e. The molecule has 17 heavy (non-hydrogen) atoms. The molecule has 0 spiro atoms. The van der Waals surface area contributed by atoms with Gasteiger partial charge in [-0.25, -0.2) is 4.98 Å². The van der Waals surface area contributed by atoms with E-state index >= 15 is 0 Å². The second-order valence-electron chi connectivity index (χ2n) is 3.36. The maximum absolute atomic E-state index is 10.4. The van der Waals surface area contributed by atoms with E-state index in [-0.39, 0.29) is 0 Å². The molecule has 92 valence electrons. The van der Waals surface area contributed by atoms with Crippen LogP contribution in [0, 0.1) is 10.1 Å². The van der Waals surface area contributed by atoms with Gasteiger partial charge in [-0.2, -0.15) is 0 Å². The molecular formula is C10H13ClN4O2. The van der Waals surface area contributed by atoms with Gasteiger partial charge in [0, 0.05) is 32.4 Å². The molecule has 0 aliphatic heterocycles. The number of nitrogens with one attached hydrogen (secondary N) is 1. The summed E-state index contributed by atoms with van der Waals surface area (Å²) >= 11 is 5.91. The van der Waals surface area contributed by atoms with Crippen molar-refractivity contribution in [3.05, 3.63) is 51.2 Å². The van der Waals surface area contributed by atoms with Crippen molar-refractivity contribution in [2.24, 2.45) is 0 Å². The molecule has 1 rings (SSSR count). The number of aromatic nitrogens is 1. The van der Waals surface area contributed by atoms with E-state index in [1.54, 1.807) is 31.3 Å². The van der Waals surface area contributed by atoms with Crippen LogP contribution in [0.25, 0.3) is 0 Å². The van der Waals surface area contributed by atoms with Crippen LogP contribution in [0.15, 0.2) is 30.4 Å². The van der Waals surface area contributed by atoms with E-state index in [1.807, 2.05) is 6.07 Å². The van der Waals surface area contributed by atoms with Crippen LogP contribution in [0.3, 0.4) is 0 Å². The zero-order valence-electron chi connectivity index (χ0n) is 9.55. The van der Waals surface area contributed by atoms with Crippen molar-refractivity contribution < 1.29 is 4.92 Å². The Labute approximate surface area is 104 Å². The van der Waals surface area contributed by atoms with Crippen molar-refractivity contribution in [2.45, 2.75) is 6.54 Å². The third-order valence-corrected chi connectivity index (χ3v) is 2.48. The van der Waals surface area contributed by atoms with E-state index < -0.39 is 4.92 Å². The third-order valence-electron chi connectivity index (χ3n) is 2.14. The highest BCUT2D eigenvalue weighted by molar-refractivity contribution is 6.30. The summed E-state index contributed by atoms with van der Waals surface area (Å²) in [6, 6.07) is 3.59. The molecule has 0 amide bonds. The van der Waals surface area contributed by atoms with E-state index in [9.17, 15) is 10.1 Å². The van der Waals surface area contributed by atoms with Gasteiger partial charge in [-0.3, -0.25) is 10.1 Å². The summed E-state index contributed by atoms with van der Waals surface area (Å²) < 4.78 is 0. The van der Waals surface area contributed by atoms with Crippen LogP contribution < -0.4 is 5.32 Å². The van der Waals surface area contributed by atoms with Crippen LogP contribution in [0.1, 0.15) is 5.56 Å². The summed E-state index contributed by atoms with van der Waals surface area (Å²) in [6.07, 6.45) is 2.50. The lowest BCUT2D eigenvalue weighted by Gasteiger charge is -2.20. The minimum atomic E-state index is -0.507. The largest absolute Gasteiger partial charge is 0.370 e. The van der Waals surface area contributed by atoms with E-state index in [0.717, 1.165) is 11.8 Å². The fourth-order valence-corrected chi connectivity index (χ4v) is 1.51. The zero-order valence-corrected chi connectivity index (χ0v) is 10.3. The van der Waals surface area contributed by atoms with Gasteiger partial charge < -0.3 is 10.2 Å². The monoisotopic (exact) mass is 256 g/mol. The summed E-state index contributed by atoms with van der Waals surface area (Å²) in [6.45, 7) is 0.438. The molecule has 1 heterocycles. The van der Waals surface area contributed by atoms with Gasteiger partial charge in [-0.05, 0) is 6.07 Å². The van der Waals surface area contributed by atoms with E-state index in [2.05, 4.69) is 10.3 Å². The van der Waals surface area contributed by atoms with Gasteiger partial charge in [-0.1, -0.05) is 17.7 Å². The average molecular weight is 257 g/mol. The SMILES string of the molecule is CN/C(=C\[N+](=O)[O-])N(C)Cc1cccnc1Cl. The van der Waals surface area contributed by atoms with Gasteiger partial charge in [0.2, 0.25) is 0 Å². The lowest BCUT2D eigenvalue weighted by molar-refractivity contribution is -0.404. The molecular weight excluding hydrogens is 244 g/mol. The predicted molar refractivity (Wildman–Crippen MR) is 64.9 cm³/mol. The highest BCUT2D eigenvalue weighted by atomic mass is 35.5. The Kier molecular flexibility index (Phi) is 4.71. The summed E-state index contributed by atoms with van der Waals surface area (Å²) in [7, 11) is 3.35. The lowest BCUT2D eigenvalue weighted by Crippen LogP contribution is -2.26. The molecule has 0 radical (unpaired) electrons. The lowest BCUT2D eigenvalue weighted by atomic mass is 10.3. The summed E-state index contributed by atoms with van der Waals surface area (Å²) in [5.41, 5.74) is 0.807. The highest BCUT2D eigenvalue weighted by Crippen LogP contribution is 2.14. The predicted octanol–water partition coefficient (Wildman–Crippen LogP) is 1.46. The fraction of sp³-hybridized carbons (Fsp3) is 0.300. The maximum Gasteiger partial charge on any atom is 0.274 e. The van der Waals surface area contributed by atoms with Crippen LogP contribution in [-0.4, -0.2) is 28.9 Å². The second-order valence-corrected chi connectivity index (χ2v) is 3.72. The van der Waals surface area contributed by atoms with E-state index in [0.29, 0.717) is 17.5 Å². The first kappa shape index (κ1) is 13.2. The topological polar surface area (TPSA) is 71.3 Å². The number of halogens is 1. The van der Waals surface area contributed by atoms with Gasteiger partial charge in [0.1, 0.15) is 5.15 Å². The van der Waals surface area contributed by atoms with Crippen LogP contribution in [-0.2, 0) is 6.54 Å². The van der Waals surface area contributed by atoms with Gasteiger partial charge in [-0.15, -0.1) is 0 Å². The van der Waals surface area contributed by atoms with Crippen molar-refractivity contribution in [2.75, 3.05) is 14.1 Å². The Morgan fingerprint density at radius 3 is 3.00 bits per heavy atom. The van der Waals surface area contributed by atoms with Crippen molar-refractivity contribution in [3.63, 3.8) is 0 Å². The molecule has 1 N–H and O–H groups in total. The molecule has 6 nitrogen and oxygen atoms in total.